The first-order valence-corrected chi connectivity index (χ1v) is 12.5. The minimum absolute atomic E-state index is 0.0786. The molecule has 1 aromatic carbocycles. The number of ether oxygens (including phenoxy) is 1. The number of aryl methyl sites for hydroxylation is 2. The smallest absolute Gasteiger partial charge is 0.212 e. The van der Waals surface area contributed by atoms with Crippen molar-refractivity contribution in [3.8, 4) is 0 Å². The fourth-order valence-electron chi connectivity index (χ4n) is 3.81. The van der Waals surface area contributed by atoms with E-state index in [1.54, 1.807) is 24.5 Å². The minimum atomic E-state index is -3.53. The lowest BCUT2D eigenvalue weighted by Gasteiger charge is -2.25. The predicted molar refractivity (Wildman–Crippen MR) is 121 cm³/mol. The number of pyridine rings is 1. The van der Waals surface area contributed by atoms with E-state index in [2.05, 4.69) is 20.1 Å². The summed E-state index contributed by atoms with van der Waals surface area (Å²) in [4.78, 5) is 4.53. The molecule has 1 aliphatic heterocycles. The monoisotopic (exact) mass is 461 g/mol. The van der Waals surface area contributed by atoms with Gasteiger partial charge in [0.15, 0.2) is 5.65 Å². The van der Waals surface area contributed by atoms with Crippen molar-refractivity contribution in [2.24, 2.45) is 0 Å². The van der Waals surface area contributed by atoms with E-state index in [1.165, 1.54) is 12.1 Å². The fourth-order valence-corrected chi connectivity index (χ4v) is 4.84. The highest BCUT2D eigenvalue weighted by Crippen LogP contribution is 2.28. The van der Waals surface area contributed by atoms with Crippen molar-refractivity contribution in [1.29, 1.82) is 0 Å². The third-order valence-electron chi connectivity index (χ3n) is 5.67. The van der Waals surface area contributed by atoms with E-state index in [9.17, 15) is 12.8 Å². The molecule has 0 spiro atoms. The first-order chi connectivity index (χ1) is 15.4. The van der Waals surface area contributed by atoms with Gasteiger partial charge >= 0.3 is 0 Å². The highest BCUT2D eigenvalue weighted by molar-refractivity contribution is 7.89. The second-order valence-corrected chi connectivity index (χ2v) is 9.83. The molecule has 2 N–H and O–H groups in total. The number of anilines is 1. The van der Waals surface area contributed by atoms with E-state index in [0.29, 0.717) is 26.2 Å². The van der Waals surface area contributed by atoms with Gasteiger partial charge in [0, 0.05) is 44.1 Å². The maximum Gasteiger partial charge on any atom is 0.212 e. The molecule has 1 fully saturated rings. The Morgan fingerprint density at radius 3 is 2.66 bits per heavy atom. The normalized spacial score (nSPS) is 15.3. The number of hydrogen-bond acceptors (Lipinski definition) is 6. The van der Waals surface area contributed by atoms with E-state index in [1.807, 2.05) is 11.6 Å². The van der Waals surface area contributed by atoms with Gasteiger partial charge in [-0.1, -0.05) is 12.1 Å². The van der Waals surface area contributed by atoms with Gasteiger partial charge < -0.3 is 10.1 Å². The highest BCUT2D eigenvalue weighted by atomic mass is 32.2. The topological polar surface area (TPSA) is 98.1 Å². The van der Waals surface area contributed by atoms with Crippen molar-refractivity contribution in [3.05, 3.63) is 53.6 Å². The summed E-state index contributed by atoms with van der Waals surface area (Å²) in [5.41, 5.74) is 3.17. The quantitative estimate of drug-likeness (QED) is 0.509. The molecule has 8 nitrogen and oxygen atoms in total. The summed E-state index contributed by atoms with van der Waals surface area (Å²) in [6.07, 6.45) is 5.56. The molecule has 3 aromatic rings. The lowest BCUT2D eigenvalue weighted by Crippen LogP contribution is -2.30. The van der Waals surface area contributed by atoms with Crippen LogP contribution in [0.5, 0.6) is 0 Å². The van der Waals surface area contributed by atoms with E-state index in [4.69, 9.17) is 4.74 Å². The number of nitrogens with zero attached hydrogens (tertiary/aromatic N) is 3. The molecule has 0 amide bonds. The standard InChI is InChI=1S/C22H28FN5O3S/c1-2-28-22-20(15-25-28)21(27-19-7-10-31-11-8-19)17(13-24-22)14-26-32(29,30)12-9-16-3-5-18(23)6-4-16/h3-6,13,15,19,26H,2,7-12,14H2,1H3,(H,24,27). The van der Waals surface area contributed by atoms with Crippen LogP contribution in [-0.4, -0.2) is 48.2 Å². The Morgan fingerprint density at radius 1 is 1.19 bits per heavy atom. The molecule has 0 atom stereocenters. The van der Waals surface area contributed by atoms with Crippen molar-refractivity contribution in [3.63, 3.8) is 0 Å². The van der Waals surface area contributed by atoms with Gasteiger partial charge in [0.05, 0.1) is 23.0 Å². The molecule has 32 heavy (non-hydrogen) atoms. The molecule has 4 rings (SSSR count). The molecule has 1 saturated heterocycles. The Morgan fingerprint density at radius 2 is 1.94 bits per heavy atom. The van der Waals surface area contributed by atoms with Gasteiger partial charge in [-0.25, -0.2) is 27.2 Å². The van der Waals surface area contributed by atoms with Crippen LogP contribution >= 0.6 is 0 Å². The summed E-state index contributed by atoms with van der Waals surface area (Å²) >= 11 is 0. The van der Waals surface area contributed by atoms with Crippen molar-refractivity contribution < 1.29 is 17.5 Å². The number of hydrogen-bond donors (Lipinski definition) is 2. The van der Waals surface area contributed by atoms with Crippen LogP contribution in [0.4, 0.5) is 10.1 Å². The van der Waals surface area contributed by atoms with Gasteiger partial charge in [0.2, 0.25) is 10.0 Å². The number of aromatic nitrogens is 3. The van der Waals surface area contributed by atoms with Gasteiger partial charge in [-0.2, -0.15) is 5.10 Å². The minimum Gasteiger partial charge on any atom is -0.381 e. The van der Waals surface area contributed by atoms with Crippen molar-refractivity contribution in [1.82, 2.24) is 19.5 Å². The third kappa shape index (κ3) is 5.43. The largest absolute Gasteiger partial charge is 0.381 e. The molecule has 1 aliphatic rings. The maximum atomic E-state index is 13.1. The Kier molecular flexibility index (Phi) is 7.02. The summed E-state index contributed by atoms with van der Waals surface area (Å²) < 4.78 is 48.2. The van der Waals surface area contributed by atoms with E-state index < -0.39 is 10.0 Å². The van der Waals surface area contributed by atoms with Crippen molar-refractivity contribution in [2.45, 2.75) is 45.3 Å². The van der Waals surface area contributed by atoms with Crippen LogP contribution < -0.4 is 10.0 Å². The molecule has 0 bridgehead atoms. The number of halogens is 1. The SMILES string of the molecule is CCn1ncc2c(NC3CCOCC3)c(CNS(=O)(=O)CCc3ccc(F)cc3)cnc21. The average Bonchev–Trinajstić information content (AvgIpc) is 3.22. The van der Waals surface area contributed by atoms with Crippen LogP contribution in [-0.2, 0) is 34.3 Å². The molecule has 0 radical (unpaired) electrons. The summed E-state index contributed by atoms with van der Waals surface area (Å²) in [6, 6.07) is 6.11. The summed E-state index contributed by atoms with van der Waals surface area (Å²) in [5, 5.41) is 8.87. The zero-order valence-electron chi connectivity index (χ0n) is 18.1. The molecule has 0 saturated carbocycles. The molecule has 172 valence electrons. The van der Waals surface area contributed by atoms with Gasteiger partial charge in [-0.3, -0.25) is 0 Å². The second kappa shape index (κ2) is 9.93. The molecular weight excluding hydrogens is 433 g/mol. The molecular formula is C22H28FN5O3S. The number of sulfonamides is 1. The summed E-state index contributed by atoms with van der Waals surface area (Å²) in [6.45, 7) is 4.22. The molecule has 0 unspecified atom stereocenters. The Bertz CT molecular complexity index is 1160. The lowest BCUT2D eigenvalue weighted by atomic mass is 10.1. The first kappa shape index (κ1) is 22.6. The number of nitrogens with one attached hydrogen (secondary N) is 2. The van der Waals surface area contributed by atoms with Crippen molar-refractivity contribution in [2.75, 3.05) is 24.3 Å². The first-order valence-electron chi connectivity index (χ1n) is 10.8. The molecule has 3 heterocycles. The number of fused-ring (bicyclic) bond motifs is 1. The highest BCUT2D eigenvalue weighted by Gasteiger charge is 2.20. The Labute approximate surface area is 187 Å². The molecule has 2 aromatic heterocycles. The fraction of sp³-hybridized carbons (Fsp3) is 0.455. The third-order valence-corrected chi connectivity index (χ3v) is 7.00. The summed E-state index contributed by atoms with van der Waals surface area (Å²) in [5.74, 6) is -0.418. The van der Waals surface area contributed by atoms with Crippen LogP contribution in [0.15, 0.2) is 36.7 Å². The van der Waals surface area contributed by atoms with Gasteiger partial charge in [-0.05, 0) is 43.9 Å². The average molecular weight is 462 g/mol. The zero-order valence-corrected chi connectivity index (χ0v) is 18.9. The van der Waals surface area contributed by atoms with Crippen LogP contribution in [0.25, 0.3) is 11.0 Å². The Balaban J connectivity index is 1.50. The van der Waals surface area contributed by atoms with Crippen molar-refractivity contribution >= 4 is 26.7 Å². The van der Waals surface area contributed by atoms with Crippen LogP contribution in [0, 0.1) is 5.82 Å². The maximum absolute atomic E-state index is 13.1. The van der Waals surface area contributed by atoms with Crippen LogP contribution in [0.3, 0.4) is 0 Å². The summed E-state index contributed by atoms with van der Waals surface area (Å²) in [7, 11) is -3.53. The van der Waals surface area contributed by atoms with Gasteiger partial charge in [0.25, 0.3) is 0 Å². The number of benzene rings is 1. The van der Waals surface area contributed by atoms with Crippen LogP contribution in [0.2, 0.25) is 0 Å². The van der Waals surface area contributed by atoms with Gasteiger partial charge in [-0.15, -0.1) is 0 Å². The predicted octanol–water partition coefficient (Wildman–Crippen LogP) is 2.84. The second-order valence-electron chi connectivity index (χ2n) is 7.90. The molecule has 0 aliphatic carbocycles. The molecule has 10 heteroatoms. The van der Waals surface area contributed by atoms with Crippen LogP contribution in [0.1, 0.15) is 30.9 Å². The number of rotatable bonds is 9. The van der Waals surface area contributed by atoms with E-state index in [-0.39, 0.29) is 24.2 Å². The van der Waals surface area contributed by atoms with E-state index >= 15 is 0 Å². The van der Waals surface area contributed by atoms with Gasteiger partial charge in [0.1, 0.15) is 5.82 Å². The van der Waals surface area contributed by atoms with E-state index in [0.717, 1.165) is 40.7 Å². The Hall–Kier alpha value is -2.56. The zero-order chi connectivity index (χ0) is 22.6. The lowest BCUT2D eigenvalue weighted by molar-refractivity contribution is 0.0904.